The standard InChI is InChI=1S/C24H29N3O4/c1-30-21-5-2-4-18(14-21)16-27-17-19(7-8-23(27)28)24(29)26-12-9-20(10-13-26)31-22-6-3-11-25-15-22/h2-6,11,14-15,19-20H,7-10,12-13,16-17H2,1H3. The van der Waals surface area contributed by atoms with Crippen molar-refractivity contribution in [2.75, 3.05) is 26.7 Å². The van der Waals surface area contributed by atoms with Crippen molar-refractivity contribution in [3.05, 3.63) is 54.4 Å². The lowest BCUT2D eigenvalue weighted by molar-refractivity contribution is -0.144. The Bertz CT molecular complexity index is 897. The predicted molar refractivity (Wildman–Crippen MR) is 116 cm³/mol. The second-order valence-electron chi connectivity index (χ2n) is 8.19. The van der Waals surface area contributed by atoms with E-state index in [1.54, 1.807) is 24.4 Å². The van der Waals surface area contributed by atoms with E-state index in [0.29, 0.717) is 39.0 Å². The van der Waals surface area contributed by atoms with Crippen molar-refractivity contribution in [1.82, 2.24) is 14.8 Å². The highest BCUT2D eigenvalue weighted by Gasteiger charge is 2.34. The van der Waals surface area contributed by atoms with Gasteiger partial charge in [0.15, 0.2) is 0 Å². The third-order valence-corrected chi connectivity index (χ3v) is 6.05. The Morgan fingerprint density at radius 2 is 1.94 bits per heavy atom. The lowest BCUT2D eigenvalue weighted by atomic mass is 9.94. The van der Waals surface area contributed by atoms with Crippen LogP contribution in [0.25, 0.3) is 0 Å². The van der Waals surface area contributed by atoms with Crippen molar-refractivity contribution in [1.29, 1.82) is 0 Å². The molecule has 0 spiro atoms. The molecule has 2 fully saturated rings. The zero-order valence-corrected chi connectivity index (χ0v) is 17.9. The summed E-state index contributed by atoms with van der Waals surface area (Å²) in [5, 5.41) is 0. The highest BCUT2D eigenvalue weighted by atomic mass is 16.5. The SMILES string of the molecule is COc1cccc(CN2CC(C(=O)N3CCC(Oc4cccnc4)CC3)CCC2=O)c1. The fraction of sp³-hybridized carbons (Fsp3) is 0.458. The van der Waals surface area contributed by atoms with Crippen LogP contribution < -0.4 is 9.47 Å². The third kappa shape index (κ3) is 5.34. The van der Waals surface area contributed by atoms with E-state index in [0.717, 1.165) is 29.9 Å². The molecule has 2 saturated heterocycles. The molecule has 1 unspecified atom stereocenters. The molecule has 2 aliphatic rings. The van der Waals surface area contributed by atoms with Gasteiger partial charge in [-0.3, -0.25) is 14.6 Å². The highest BCUT2D eigenvalue weighted by Crippen LogP contribution is 2.25. The van der Waals surface area contributed by atoms with Crippen LogP contribution in [-0.2, 0) is 16.1 Å². The van der Waals surface area contributed by atoms with Gasteiger partial charge in [0, 0.05) is 51.6 Å². The first-order chi connectivity index (χ1) is 15.1. The van der Waals surface area contributed by atoms with Gasteiger partial charge in [-0.05, 0) is 36.2 Å². The van der Waals surface area contributed by atoms with E-state index in [1.165, 1.54) is 0 Å². The minimum absolute atomic E-state index is 0.103. The number of nitrogens with zero attached hydrogens (tertiary/aromatic N) is 3. The molecule has 0 bridgehead atoms. The molecular formula is C24H29N3O4. The Hall–Kier alpha value is -3.09. The van der Waals surface area contributed by atoms with Gasteiger partial charge < -0.3 is 19.3 Å². The summed E-state index contributed by atoms with van der Waals surface area (Å²) < 4.78 is 11.3. The van der Waals surface area contributed by atoms with Crippen LogP contribution in [0.3, 0.4) is 0 Å². The van der Waals surface area contributed by atoms with Gasteiger partial charge in [-0.2, -0.15) is 0 Å². The number of ether oxygens (including phenoxy) is 2. The van der Waals surface area contributed by atoms with Gasteiger partial charge in [-0.1, -0.05) is 12.1 Å². The number of aromatic nitrogens is 1. The molecule has 2 amide bonds. The highest BCUT2D eigenvalue weighted by molar-refractivity contribution is 5.84. The first-order valence-corrected chi connectivity index (χ1v) is 10.9. The molecule has 2 aromatic rings. The van der Waals surface area contributed by atoms with Crippen molar-refractivity contribution in [2.45, 2.75) is 38.3 Å². The van der Waals surface area contributed by atoms with Crippen LogP contribution in [-0.4, -0.2) is 59.4 Å². The van der Waals surface area contributed by atoms with Crippen molar-refractivity contribution < 1.29 is 19.1 Å². The van der Waals surface area contributed by atoms with Gasteiger partial charge in [-0.15, -0.1) is 0 Å². The zero-order valence-electron chi connectivity index (χ0n) is 17.9. The van der Waals surface area contributed by atoms with Crippen molar-refractivity contribution in [3.8, 4) is 11.5 Å². The number of hydrogen-bond acceptors (Lipinski definition) is 5. The Balaban J connectivity index is 1.30. The van der Waals surface area contributed by atoms with Crippen LogP contribution >= 0.6 is 0 Å². The van der Waals surface area contributed by atoms with Crippen molar-refractivity contribution in [2.24, 2.45) is 5.92 Å². The monoisotopic (exact) mass is 423 g/mol. The maximum absolute atomic E-state index is 13.1. The first-order valence-electron chi connectivity index (χ1n) is 10.9. The first kappa shape index (κ1) is 21.2. The Morgan fingerprint density at radius 3 is 2.68 bits per heavy atom. The number of carbonyl (C=O) groups is 2. The molecular weight excluding hydrogens is 394 g/mol. The topological polar surface area (TPSA) is 72.0 Å². The molecule has 1 atom stereocenters. The number of piperidine rings is 2. The van der Waals surface area contributed by atoms with Crippen LogP contribution in [0, 0.1) is 5.92 Å². The van der Waals surface area contributed by atoms with E-state index in [2.05, 4.69) is 4.98 Å². The minimum Gasteiger partial charge on any atom is -0.497 e. The fourth-order valence-electron chi connectivity index (χ4n) is 4.32. The summed E-state index contributed by atoms with van der Waals surface area (Å²) in [5.74, 6) is 1.66. The van der Waals surface area contributed by atoms with E-state index in [-0.39, 0.29) is 23.8 Å². The van der Waals surface area contributed by atoms with Crippen LogP contribution in [0.5, 0.6) is 11.5 Å². The van der Waals surface area contributed by atoms with Gasteiger partial charge in [0.25, 0.3) is 0 Å². The number of carbonyl (C=O) groups excluding carboxylic acids is 2. The van der Waals surface area contributed by atoms with Crippen LogP contribution in [0.2, 0.25) is 0 Å². The summed E-state index contributed by atoms with van der Waals surface area (Å²) in [6.07, 6.45) is 6.19. The molecule has 4 rings (SSSR count). The zero-order chi connectivity index (χ0) is 21.6. The molecule has 3 heterocycles. The molecule has 0 aliphatic carbocycles. The fourth-order valence-corrected chi connectivity index (χ4v) is 4.32. The van der Waals surface area contributed by atoms with Gasteiger partial charge in [-0.25, -0.2) is 0 Å². The van der Waals surface area contributed by atoms with E-state index in [4.69, 9.17) is 9.47 Å². The van der Waals surface area contributed by atoms with Crippen molar-refractivity contribution >= 4 is 11.8 Å². The van der Waals surface area contributed by atoms with Crippen LogP contribution in [0.4, 0.5) is 0 Å². The molecule has 1 aromatic carbocycles. The molecule has 7 heteroatoms. The average Bonchev–Trinajstić information content (AvgIpc) is 2.81. The number of amides is 2. The van der Waals surface area contributed by atoms with Crippen LogP contribution in [0.15, 0.2) is 48.8 Å². The molecule has 0 saturated carbocycles. The molecule has 0 N–H and O–H groups in total. The van der Waals surface area contributed by atoms with Gasteiger partial charge >= 0.3 is 0 Å². The van der Waals surface area contributed by atoms with Gasteiger partial charge in [0.1, 0.15) is 17.6 Å². The molecule has 1 aromatic heterocycles. The Kier molecular flexibility index (Phi) is 6.70. The molecule has 164 valence electrons. The number of methoxy groups -OCH3 is 1. The summed E-state index contributed by atoms with van der Waals surface area (Å²) in [4.78, 5) is 33.4. The minimum atomic E-state index is -0.140. The second kappa shape index (κ2) is 9.81. The Morgan fingerprint density at radius 1 is 1.13 bits per heavy atom. The number of likely N-dealkylation sites (tertiary alicyclic amines) is 2. The second-order valence-corrected chi connectivity index (χ2v) is 8.19. The summed E-state index contributed by atoms with van der Waals surface area (Å²) >= 11 is 0. The Labute approximate surface area is 183 Å². The lowest BCUT2D eigenvalue weighted by Gasteiger charge is -2.37. The van der Waals surface area contributed by atoms with Gasteiger partial charge in [0.05, 0.1) is 19.2 Å². The molecule has 0 radical (unpaired) electrons. The summed E-state index contributed by atoms with van der Waals surface area (Å²) in [6.45, 7) is 2.34. The maximum atomic E-state index is 13.1. The summed E-state index contributed by atoms with van der Waals surface area (Å²) in [5.41, 5.74) is 1.01. The quantitative estimate of drug-likeness (QED) is 0.714. The summed E-state index contributed by atoms with van der Waals surface area (Å²) in [6, 6.07) is 11.5. The average molecular weight is 424 g/mol. The number of hydrogen-bond donors (Lipinski definition) is 0. The molecule has 7 nitrogen and oxygen atoms in total. The number of pyridine rings is 1. The maximum Gasteiger partial charge on any atom is 0.227 e. The lowest BCUT2D eigenvalue weighted by Crippen LogP contribution is -2.49. The van der Waals surface area contributed by atoms with E-state index in [1.807, 2.05) is 41.3 Å². The number of rotatable bonds is 6. The van der Waals surface area contributed by atoms with Crippen LogP contribution in [0.1, 0.15) is 31.2 Å². The van der Waals surface area contributed by atoms with Crippen molar-refractivity contribution in [3.63, 3.8) is 0 Å². The molecule has 31 heavy (non-hydrogen) atoms. The normalized spacial score (nSPS) is 19.9. The largest absolute Gasteiger partial charge is 0.497 e. The summed E-state index contributed by atoms with van der Waals surface area (Å²) in [7, 11) is 1.63. The van der Waals surface area contributed by atoms with Gasteiger partial charge in [0.2, 0.25) is 11.8 Å². The molecule has 2 aliphatic heterocycles. The number of benzene rings is 1. The van der Waals surface area contributed by atoms with E-state index < -0.39 is 0 Å². The third-order valence-electron chi connectivity index (χ3n) is 6.05. The van der Waals surface area contributed by atoms with E-state index in [9.17, 15) is 9.59 Å². The smallest absolute Gasteiger partial charge is 0.227 e. The predicted octanol–water partition coefficient (Wildman–Crippen LogP) is 2.90. The van der Waals surface area contributed by atoms with E-state index >= 15 is 0 Å².